The van der Waals surface area contributed by atoms with Crippen LogP contribution in [-0.2, 0) is 11.2 Å². The van der Waals surface area contributed by atoms with Crippen molar-refractivity contribution in [2.75, 3.05) is 13.7 Å². The van der Waals surface area contributed by atoms with Gasteiger partial charge < -0.3 is 10.1 Å². The van der Waals surface area contributed by atoms with Crippen molar-refractivity contribution in [3.05, 3.63) is 18.0 Å². The van der Waals surface area contributed by atoms with Gasteiger partial charge >= 0.3 is 0 Å². The lowest BCUT2D eigenvalue weighted by molar-refractivity contribution is -0.0365. The number of hydrogen-bond acceptors (Lipinski definition) is 3. The Labute approximate surface area is 122 Å². The second-order valence-corrected chi connectivity index (χ2v) is 6.31. The number of likely N-dealkylation sites (N-methyl/N-ethyl adjacent to an activating group) is 1. The Bertz CT molecular complexity index is 408. The van der Waals surface area contributed by atoms with E-state index in [1.165, 1.54) is 25.7 Å². The molecule has 0 saturated heterocycles. The van der Waals surface area contributed by atoms with Crippen molar-refractivity contribution in [3.63, 3.8) is 0 Å². The molecule has 0 aliphatic heterocycles. The lowest BCUT2D eigenvalue weighted by atomic mass is 9.94. The minimum absolute atomic E-state index is 0.180. The van der Waals surface area contributed by atoms with E-state index in [0.717, 1.165) is 18.7 Å². The molecule has 114 valence electrons. The molecule has 1 unspecified atom stereocenters. The first kappa shape index (κ1) is 15.5. The molecule has 0 amide bonds. The zero-order valence-corrected chi connectivity index (χ0v) is 13.4. The first-order valence-electron chi connectivity index (χ1n) is 7.92. The summed E-state index contributed by atoms with van der Waals surface area (Å²) in [6.07, 6.45) is 8.30. The standard InChI is InChI=1S/C16H29N3O/c1-5-20-16(2,3)15(17-4)12-13-10-11-19(18-13)14-8-6-7-9-14/h10-11,14-15,17H,5-9,12H2,1-4H3. The van der Waals surface area contributed by atoms with Crippen LogP contribution in [0.15, 0.2) is 12.3 Å². The van der Waals surface area contributed by atoms with Crippen LogP contribution in [0.4, 0.5) is 0 Å². The summed E-state index contributed by atoms with van der Waals surface area (Å²) in [6, 6.07) is 3.05. The summed E-state index contributed by atoms with van der Waals surface area (Å²) in [7, 11) is 2.00. The largest absolute Gasteiger partial charge is 0.374 e. The fraction of sp³-hybridized carbons (Fsp3) is 0.812. The summed E-state index contributed by atoms with van der Waals surface area (Å²) >= 11 is 0. The maximum absolute atomic E-state index is 5.86. The molecule has 1 aromatic rings. The quantitative estimate of drug-likeness (QED) is 0.834. The molecule has 0 spiro atoms. The van der Waals surface area contributed by atoms with Gasteiger partial charge in [-0.1, -0.05) is 12.8 Å². The van der Waals surface area contributed by atoms with Crippen LogP contribution in [0.25, 0.3) is 0 Å². The van der Waals surface area contributed by atoms with Crippen molar-refractivity contribution < 1.29 is 4.74 Å². The highest BCUT2D eigenvalue weighted by atomic mass is 16.5. The molecule has 1 aliphatic rings. The van der Waals surface area contributed by atoms with Crippen LogP contribution in [0.1, 0.15) is 58.2 Å². The highest BCUT2D eigenvalue weighted by Gasteiger charge is 2.29. The van der Waals surface area contributed by atoms with Gasteiger partial charge in [0, 0.05) is 25.3 Å². The van der Waals surface area contributed by atoms with Crippen LogP contribution in [0, 0.1) is 0 Å². The maximum atomic E-state index is 5.86. The number of nitrogens with one attached hydrogen (secondary N) is 1. The molecule has 4 nitrogen and oxygen atoms in total. The fourth-order valence-corrected chi connectivity index (χ4v) is 3.24. The van der Waals surface area contributed by atoms with Gasteiger partial charge in [0.15, 0.2) is 0 Å². The number of aromatic nitrogens is 2. The van der Waals surface area contributed by atoms with Crippen molar-refractivity contribution in [2.45, 2.75) is 70.6 Å². The third-order valence-corrected chi connectivity index (χ3v) is 4.48. The van der Waals surface area contributed by atoms with Gasteiger partial charge in [-0.25, -0.2) is 0 Å². The molecule has 1 fully saturated rings. The van der Waals surface area contributed by atoms with Crippen molar-refractivity contribution in [2.24, 2.45) is 0 Å². The maximum Gasteiger partial charge on any atom is 0.0782 e. The normalized spacial score (nSPS) is 18.6. The summed E-state index contributed by atoms with van der Waals surface area (Å²) in [5, 5.41) is 8.15. The Kier molecular flexibility index (Phi) is 5.22. The summed E-state index contributed by atoms with van der Waals surface area (Å²) in [5.74, 6) is 0. The minimum Gasteiger partial charge on any atom is -0.374 e. The Morgan fingerprint density at radius 3 is 2.75 bits per heavy atom. The lowest BCUT2D eigenvalue weighted by Crippen LogP contribution is -2.48. The summed E-state index contributed by atoms with van der Waals surface area (Å²) in [4.78, 5) is 0. The van der Waals surface area contributed by atoms with Crippen LogP contribution < -0.4 is 5.32 Å². The van der Waals surface area contributed by atoms with E-state index in [2.05, 4.69) is 36.1 Å². The molecule has 20 heavy (non-hydrogen) atoms. The molecule has 1 aromatic heterocycles. The van der Waals surface area contributed by atoms with Crippen molar-refractivity contribution in [1.29, 1.82) is 0 Å². The van der Waals surface area contributed by atoms with Gasteiger partial charge in [0.05, 0.1) is 17.3 Å². The van der Waals surface area contributed by atoms with Crippen LogP contribution in [0.5, 0.6) is 0 Å². The average molecular weight is 279 g/mol. The van der Waals surface area contributed by atoms with Gasteiger partial charge in [-0.3, -0.25) is 4.68 Å². The van der Waals surface area contributed by atoms with Crippen LogP contribution in [0.3, 0.4) is 0 Å². The first-order valence-corrected chi connectivity index (χ1v) is 7.92. The van der Waals surface area contributed by atoms with Crippen molar-refractivity contribution in [1.82, 2.24) is 15.1 Å². The number of nitrogens with zero attached hydrogens (tertiary/aromatic N) is 2. The zero-order chi connectivity index (χ0) is 14.6. The number of rotatable bonds is 7. The fourth-order valence-electron chi connectivity index (χ4n) is 3.24. The van der Waals surface area contributed by atoms with Crippen molar-refractivity contribution >= 4 is 0 Å². The molecule has 0 aromatic carbocycles. The van der Waals surface area contributed by atoms with E-state index in [1.807, 2.05) is 14.0 Å². The van der Waals surface area contributed by atoms with Gasteiger partial charge in [-0.15, -0.1) is 0 Å². The van der Waals surface area contributed by atoms with E-state index in [-0.39, 0.29) is 11.6 Å². The molecular formula is C16H29N3O. The van der Waals surface area contributed by atoms with E-state index in [1.54, 1.807) is 0 Å². The van der Waals surface area contributed by atoms with Gasteiger partial charge in [-0.05, 0) is 46.7 Å². The summed E-state index contributed by atoms with van der Waals surface area (Å²) in [6.45, 7) is 7.07. The molecule has 0 bridgehead atoms. The lowest BCUT2D eigenvalue weighted by Gasteiger charge is -2.33. The molecule has 2 rings (SSSR count). The monoisotopic (exact) mass is 279 g/mol. The van der Waals surface area contributed by atoms with Crippen molar-refractivity contribution in [3.8, 4) is 0 Å². The Balaban J connectivity index is 2.00. The SMILES string of the molecule is CCOC(C)(C)C(Cc1ccn(C2CCCC2)n1)NC. The Morgan fingerprint density at radius 1 is 1.45 bits per heavy atom. The topological polar surface area (TPSA) is 39.1 Å². The van der Waals surface area contributed by atoms with Gasteiger partial charge in [0.25, 0.3) is 0 Å². The van der Waals surface area contributed by atoms with E-state index < -0.39 is 0 Å². The summed E-state index contributed by atoms with van der Waals surface area (Å²) < 4.78 is 8.03. The first-order chi connectivity index (χ1) is 9.56. The second kappa shape index (κ2) is 6.72. The molecular weight excluding hydrogens is 250 g/mol. The van der Waals surface area contributed by atoms with Gasteiger partial charge in [-0.2, -0.15) is 5.10 Å². The van der Waals surface area contributed by atoms with Gasteiger partial charge in [0.2, 0.25) is 0 Å². The minimum atomic E-state index is -0.180. The second-order valence-electron chi connectivity index (χ2n) is 6.31. The van der Waals surface area contributed by atoms with E-state index in [0.29, 0.717) is 6.04 Å². The number of hydrogen-bond donors (Lipinski definition) is 1. The predicted molar refractivity (Wildman–Crippen MR) is 82.0 cm³/mol. The van der Waals surface area contributed by atoms with E-state index in [9.17, 15) is 0 Å². The summed E-state index contributed by atoms with van der Waals surface area (Å²) in [5.41, 5.74) is 0.977. The van der Waals surface area contributed by atoms with Crippen LogP contribution >= 0.6 is 0 Å². The van der Waals surface area contributed by atoms with Crippen LogP contribution in [0.2, 0.25) is 0 Å². The smallest absolute Gasteiger partial charge is 0.0782 e. The molecule has 1 saturated carbocycles. The third kappa shape index (κ3) is 3.61. The highest BCUT2D eigenvalue weighted by Crippen LogP contribution is 2.29. The molecule has 0 radical (unpaired) electrons. The van der Waals surface area contributed by atoms with E-state index in [4.69, 9.17) is 9.84 Å². The predicted octanol–water partition coefficient (Wildman–Crippen LogP) is 2.94. The highest BCUT2D eigenvalue weighted by molar-refractivity contribution is 5.05. The molecule has 1 aliphatic carbocycles. The Hall–Kier alpha value is -0.870. The molecule has 4 heteroatoms. The third-order valence-electron chi connectivity index (χ3n) is 4.48. The molecule has 1 atom stereocenters. The molecule has 1 N–H and O–H groups in total. The van der Waals surface area contributed by atoms with Crippen LogP contribution in [-0.4, -0.2) is 35.1 Å². The Morgan fingerprint density at radius 2 is 2.15 bits per heavy atom. The zero-order valence-electron chi connectivity index (χ0n) is 13.4. The number of ether oxygens (including phenoxy) is 1. The van der Waals surface area contributed by atoms with Gasteiger partial charge in [0.1, 0.15) is 0 Å². The van der Waals surface area contributed by atoms with E-state index >= 15 is 0 Å². The molecule has 1 heterocycles. The average Bonchev–Trinajstić information content (AvgIpc) is 3.06.